The summed E-state index contributed by atoms with van der Waals surface area (Å²) in [7, 11) is 0. The molecule has 1 N–H and O–H groups in total. The molecule has 4 nitrogen and oxygen atoms in total. The van der Waals surface area contributed by atoms with Crippen molar-refractivity contribution in [2.75, 3.05) is 19.6 Å². The highest BCUT2D eigenvalue weighted by Crippen LogP contribution is 2.12. The molecule has 1 heterocycles. The summed E-state index contributed by atoms with van der Waals surface area (Å²) in [6, 6.07) is 0. The zero-order chi connectivity index (χ0) is 15.3. The van der Waals surface area contributed by atoms with Crippen molar-refractivity contribution in [2.45, 2.75) is 64.7 Å². The Morgan fingerprint density at radius 2 is 2.00 bits per heavy atom. The summed E-state index contributed by atoms with van der Waals surface area (Å²) in [5.41, 5.74) is 0. The van der Waals surface area contributed by atoms with E-state index in [-0.39, 0.29) is 5.91 Å². The standard InChI is InChI=1S/C17H30N2O2/c1-2-3-11-16(20)18-13-8-4-5-9-14-19-15-10-6-7-12-17(19)21/h3,11H,2,4-10,12-15H2,1H3,(H,18,20)/b11-3-. The molecule has 1 aliphatic rings. The molecule has 0 aromatic carbocycles. The lowest BCUT2D eigenvalue weighted by Gasteiger charge is -2.20. The minimum atomic E-state index is 0.00649. The van der Waals surface area contributed by atoms with Crippen LogP contribution in [0.3, 0.4) is 0 Å². The molecule has 0 unspecified atom stereocenters. The van der Waals surface area contributed by atoms with Gasteiger partial charge in [0.2, 0.25) is 11.8 Å². The number of carbonyl (C=O) groups is 2. The zero-order valence-corrected chi connectivity index (χ0v) is 13.4. The van der Waals surface area contributed by atoms with E-state index in [0.717, 1.165) is 71.0 Å². The van der Waals surface area contributed by atoms with E-state index in [1.807, 2.05) is 17.9 Å². The first-order valence-electron chi connectivity index (χ1n) is 8.46. The molecular weight excluding hydrogens is 264 g/mol. The monoisotopic (exact) mass is 294 g/mol. The number of allylic oxidation sites excluding steroid dienone is 1. The van der Waals surface area contributed by atoms with Gasteiger partial charge in [-0.1, -0.05) is 32.3 Å². The van der Waals surface area contributed by atoms with Gasteiger partial charge in [0.1, 0.15) is 0 Å². The van der Waals surface area contributed by atoms with Crippen LogP contribution in [0.1, 0.15) is 64.7 Å². The summed E-state index contributed by atoms with van der Waals surface area (Å²) < 4.78 is 0. The first kappa shape index (κ1) is 17.7. The molecule has 0 saturated carbocycles. The van der Waals surface area contributed by atoms with E-state index in [1.54, 1.807) is 6.08 Å². The van der Waals surface area contributed by atoms with E-state index in [2.05, 4.69) is 5.32 Å². The van der Waals surface area contributed by atoms with Crippen molar-refractivity contribution >= 4 is 11.8 Å². The van der Waals surface area contributed by atoms with Gasteiger partial charge < -0.3 is 10.2 Å². The number of unbranched alkanes of at least 4 members (excludes halogenated alkanes) is 3. The van der Waals surface area contributed by atoms with E-state index in [1.165, 1.54) is 6.42 Å². The molecule has 0 aromatic heterocycles. The maximum absolute atomic E-state index is 11.8. The van der Waals surface area contributed by atoms with Gasteiger partial charge in [0.15, 0.2) is 0 Å². The molecule has 1 aliphatic heterocycles. The van der Waals surface area contributed by atoms with Crippen LogP contribution < -0.4 is 5.32 Å². The molecule has 0 radical (unpaired) electrons. The fourth-order valence-corrected chi connectivity index (χ4v) is 2.55. The third-order valence-corrected chi connectivity index (χ3v) is 3.83. The SMILES string of the molecule is CC/C=C\C(=O)NCCCCCCN1CCCCCC1=O. The van der Waals surface area contributed by atoms with Gasteiger partial charge in [-0.2, -0.15) is 0 Å². The first-order valence-corrected chi connectivity index (χ1v) is 8.46. The average Bonchev–Trinajstić information content (AvgIpc) is 2.69. The van der Waals surface area contributed by atoms with Gasteiger partial charge >= 0.3 is 0 Å². The number of carbonyl (C=O) groups excluding carboxylic acids is 2. The van der Waals surface area contributed by atoms with E-state index in [9.17, 15) is 9.59 Å². The van der Waals surface area contributed by atoms with Crippen LogP contribution in [0.2, 0.25) is 0 Å². The Morgan fingerprint density at radius 1 is 1.19 bits per heavy atom. The van der Waals surface area contributed by atoms with Gasteiger partial charge in [-0.25, -0.2) is 0 Å². The van der Waals surface area contributed by atoms with Crippen molar-refractivity contribution in [1.82, 2.24) is 10.2 Å². The van der Waals surface area contributed by atoms with Gasteiger partial charge in [-0.15, -0.1) is 0 Å². The lowest BCUT2D eigenvalue weighted by Crippen LogP contribution is -2.31. The number of hydrogen-bond acceptors (Lipinski definition) is 2. The Bertz CT molecular complexity index is 340. The van der Waals surface area contributed by atoms with Crippen molar-refractivity contribution in [2.24, 2.45) is 0 Å². The molecule has 1 rings (SSSR count). The summed E-state index contributed by atoms with van der Waals surface area (Å²) in [4.78, 5) is 25.2. The Kier molecular flexibility index (Phi) is 9.58. The Hall–Kier alpha value is -1.32. The van der Waals surface area contributed by atoms with Crippen LogP contribution in [0, 0.1) is 0 Å². The Morgan fingerprint density at radius 3 is 2.81 bits per heavy atom. The number of rotatable bonds is 9. The van der Waals surface area contributed by atoms with Gasteiger partial charge in [0.25, 0.3) is 0 Å². The van der Waals surface area contributed by atoms with Crippen LogP contribution in [-0.2, 0) is 9.59 Å². The third-order valence-electron chi connectivity index (χ3n) is 3.83. The Labute approximate surface area is 129 Å². The number of nitrogens with one attached hydrogen (secondary N) is 1. The molecule has 0 spiro atoms. The fourth-order valence-electron chi connectivity index (χ4n) is 2.55. The number of nitrogens with zero attached hydrogens (tertiary/aromatic N) is 1. The molecule has 2 amide bonds. The van der Waals surface area contributed by atoms with Crippen LogP contribution in [0.5, 0.6) is 0 Å². The second-order valence-electron chi connectivity index (χ2n) is 5.71. The molecule has 0 aliphatic carbocycles. The van der Waals surface area contributed by atoms with Crippen molar-refractivity contribution in [3.63, 3.8) is 0 Å². The molecule has 0 atom stereocenters. The zero-order valence-electron chi connectivity index (χ0n) is 13.4. The summed E-state index contributed by atoms with van der Waals surface area (Å²) in [6.45, 7) is 4.61. The van der Waals surface area contributed by atoms with Crippen LogP contribution in [0.15, 0.2) is 12.2 Å². The van der Waals surface area contributed by atoms with Gasteiger partial charge in [0, 0.05) is 26.1 Å². The first-order chi connectivity index (χ1) is 10.2. The molecule has 0 aromatic rings. The molecule has 1 saturated heterocycles. The van der Waals surface area contributed by atoms with Crippen molar-refractivity contribution < 1.29 is 9.59 Å². The van der Waals surface area contributed by atoms with Crippen molar-refractivity contribution in [3.8, 4) is 0 Å². The number of hydrogen-bond donors (Lipinski definition) is 1. The summed E-state index contributed by atoms with van der Waals surface area (Å²) in [5, 5.41) is 2.88. The molecule has 120 valence electrons. The molecule has 21 heavy (non-hydrogen) atoms. The topological polar surface area (TPSA) is 49.4 Å². The highest BCUT2D eigenvalue weighted by molar-refractivity contribution is 5.87. The quantitative estimate of drug-likeness (QED) is 0.525. The van der Waals surface area contributed by atoms with Gasteiger partial charge in [0.05, 0.1) is 0 Å². The minimum absolute atomic E-state index is 0.00649. The predicted molar refractivity (Wildman–Crippen MR) is 86.0 cm³/mol. The van der Waals surface area contributed by atoms with Gasteiger partial charge in [-0.3, -0.25) is 9.59 Å². The summed E-state index contributed by atoms with van der Waals surface area (Å²) >= 11 is 0. The molecular formula is C17H30N2O2. The highest BCUT2D eigenvalue weighted by atomic mass is 16.2. The number of likely N-dealkylation sites (tertiary alicyclic amines) is 1. The van der Waals surface area contributed by atoms with E-state index in [0.29, 0.717) is 5.91 Å². The third kappa shape index (κ3) is 8.53. The van der Waals surface area contributed by atoms with Crippen molar-refractivity contribution in [3.05, 3.63) is 12.2 Å². The molecule has 0 bridgehead atoms. The fraction of sp³-hybridized carbons (Fsp3) is 0.765. The maximum Gasteiger partial charge on any atom is 0.243 e. The maximum atomic E-state index is 11.8. The molecule has 4 heteroatoms. The average molecular weight is 294 g/mol. The lowest BCUT2D eigenvalue weighted by atomic mass is 10.2. The van der Waals surface area contributed by atoms with E-state index >= 15 is 0 Å². The van der Waals surface area contributed by atoms with Crippen LogP contribution in [0.25, 0.3) is 0 Å². The van der Waals surface area contributed by atoms with Crippen molar-refractivity contribution in [1.29, 1.82) is 0 Å². The smallest absolute Gasteiger partial charge is 0.243 e. The van der Waals surface area contributed by atoms with Crippen LogP contribution in [0.4, 0.5) is 0 Å². The number of amides is 2. The summed E-state index contributed by atoms with van der Waals surface area (Å²) in [5.74, 6) is 0.342. The van der Waals surface area contributed by atoms with E-state index < -0.39 is 0 Å². The predicted octanol–water partition coefficient (Wildman–Crippen LogP) is 3.03. The minimum Gasteiger partial charge on any atom is -0.353 e. The van der Waals surface area contributed by atoms with E-state index in [4.69, 9.17) is 0 Å². The normalized spacial score (nSPS) is 16.2. The summed E-state index contributed by atoms with van der Waals surface area (Å²) in [6.07, 6.45) is 12.8. The van der Waals surface area contributed by atoms with Gasteiger partial charge in [-0.05, 0) is 38.2 Å². The lowest BCUT2D eigenvalue weighted by molar-refractivity contribution is -0.130. The highest BCUT2D eigenvalue weighted by Gasteiger charge is 2.15. The molecule has 1 fully saturated rings. The second kappa shape index (κ2) is 11.4. The largest absolute Gasteiger partial charge is 0.353 e. The second-order valence-corrected chi connectivity index (χ2v) is 5.71. The Balaban J connectivity index is 1.98. The van der Waals surface area contributed by atoms with Crippen LogP contribution in [-0.4, -0.2) is 36.3 Å². The van der Waals surface area contributed by atoms with Crippen LogP contribution >= 0.6 is 0 Å².